The van der Waals surface area contributed by atoms with Crippen LogP contribution in [0.15, 0.2) is 82.6 Å². The van der Waals surface area contributed by atoms with Gasteiger partial charge in [-0.3, -0.25) is 9.59 Å². The van der Waals surface area contributed by atoms with Crippen molar-refractivity contribution < 1.29 is 14.0 Å². The number of ketones is 1. The molecule has 8 heteroatoms. The molecule has 0 aliphatic rings. The summed E-state index contributed by atoms with van der Waals surface area (Å²) in [5.74, 6) is 0.931. The van der Waals surface area contributed by atoms with Crippen LogP contribution >= 0.6 is 11.8 Å². The van der Waals surface area contributed by atoms with E-state index in [9.17, 15) is 9.59 Å². The van der Waals surface area contributed by atoms with Crippen LogP contribution in [-0.4, -0.2) is 32.2 Å². The summed E-state index contributed by atoms with van der Waals surface area (Å²) in [6, 6.07) is 19.5. The molecule has 30 heavy (non-hydrogen) atoms. The Hall–Kier alpha value is -3.65. The molecule has 1 amide bonds. The number of hydrogen-bond donors (Lipinski definition) is 1. The van der Waals surface area contributed by atoms with Crippen LogP contribution in [0.2, 0.25) is 0 Å². The minimum absolute atomic E-state index is 0.123. The van der Waals surface area contributed by atoms with Gasteiger partial charge in [-0.05, 0) is 24.3 Å². The number of carbonyl (C=O) groups is 2. The van der Waals surface area contributed by atoms with Gasteiger partial charge in [0.2, 0.25) is 5.91 Å². The summed E-state index contributed by atoms with van der Waals surface area (Å²) in [6.45, 7) is 0. The zero-order valence-corrected chi connectivity index (χ0v) is 16.9. The number of aromatic nitrogens is 3. The molecular formula is C22H18N4O3S. The third kappa shape index (κ3) is 4.18. The largest absolute Gasteiger partial charge is 0.461 e. The van der Waals surface area contributed by atoms with E-state index < -0.39 is 0 Å². The number of amides is 1. The summed E-state index contributed by atoms with van der Waals surface area (Å²) in [7, 11) is 1.81. The maximum Gasteiger partial charge on any atom is 0.234 e. The maximum absolute atomic E-state index is 12.8. The van der Waals surface area contributed by atoms with E-state index in [1.165, 1.54) is 11.8 Å². The van der Waals surface area contributed by atoms with Crippen molar-refractivity contribution in [3.63, 3.8) is 0 Å². The van der Waals surface area contributed by atoms with E-state index >= 15 is 0 Å². The maximum atomic E-state index is 12.8. The van der Waals surface area contributed by atoms with Crippen molar-refractivity contribution in [3.05, 3.63) is 84.1 Å². The Morgan fingerprint density at radius 3 is 2.53 bits per heavy atom. The molecule has 4 aromatic rings. The normalized spacial score (nSPS) is 10.7. The van der Waals surface area contributed by atoms with Gasteiger partial charge in [0, 0.05) is 18.2 Å². The Morgan fingerprint density at radius 1 is 1.00 bits per heavy atom. The molecule has 7 nitrogen and oxygen atoms in total. The van der Waals surface area contributed by atoms with Gasteiger partial charge in [0.05, 0.1) is 17.7 Å². The Balaban J connectivity index is 1.44. The average molecular weight is 418 g/mol. The lowest BCUT2D eigenvalue weighted by Crippen LogP contribution is -2.17. The topological polar surface area (TPSA) is 90.0 Å². The standard InChI is InChI=1S/C22H18N4O3S/c1-26-21(18-12-7-13-29-18)24-25-22(26)30-14-19(27)23-17-11-6-5-10-16(17)20(28)15-8-3-2-4-9-15/h2-13H,14H2,1H3,(H,23,27). The summed E-state index contributed by atoms with van der Waals surface area (Å²) in [5, 5.41) is 11.6. The number of rotatable bonds is 7. The molecule has 150 valence electrons. The zero-order chi connectivity index (χ0) is 20.9. The molecule has 0 bridgehead atoms. The number of benzene rings is 2. The minimum Gasteiger partial charge on any atom is -0.461 e. The summed E-state index contributed by atoms with van der Waals surface area (Å²) in [6.07, 6.45) is 1.57. The summed E-state index contributed by atoms with van der Waals surface area (Å²) in [4.78, 5) is 25.3. The second-order valence-electron chi connectivity index (χ2n) is 6.42. The van der Waals surface area contributed by atoms with Crippen LogP contribution in [0.3, 0.4) is 0 Å². The number of nitrogens with zero attached hydrogens (tertiary/aromatic N) is 3. The third-order valence-corrected chi connectivity index (χ3v) is 5.41. The number of anilines is 1. The first-order valence-corrected chi connectivity index (χ1v) is 10.2. The van der Waals surface area contributed by atoms with Crippen molar-refractivity contribution in [3.8, 4) is 11.6 Å². The predicted molar refractivity (Wildman–Crippen MR) is 114 cm³/mol. The average Bonchev–Trinajstić information content (AvgIpc) is 3.42. The Kier molecular flexibility index (Phi) is 5.76. The lowest BCUT2D eigenvalue weighted by molar-refractivity contribution is -0.113. The van der Waals surface area contributed by atoms with Gasteiger partial charge in [-0.2, -0.15) is 0 Å². The van der Waals surface area contributed by atoms with Crippen LogP contribution < -0.4 is 5.32 Å². The highest BCUT2D eigenvalue weighted by molar-refractivity contribution is 7.99. The molecule has 0 atom stereocenters. The molecule has 0 radical (unpaired) electrons. The third-order valence-electron chi connectivity index (χ3n) is 4.39. The van der Waals surface area contributed by atoms with Gasteiger partial charge in [-0.25, -0.2) is 0 Å². The quantitative estimate of drug-likeness (QED) is 0.360. The van der Waals surface area contributed by atoms with Crippen molar-refractivity contribution in [2.24, 2.45) is 7.05 Å². The lowest BCUT2D eigenvalue weighted by Gasteiger charge is -2.10. The molecule has 0 aliphatic heterocycles. The lowest BCUT2D eigenvalue weighted by atomic mass is 10.0. The number of para-hydroxylation sites is 1. The summed E-state index contributed by atoms with van der Waals surface area (Å²) < 4.78 is 7.11. The van der Waals surface area contributed by atoms with Crippen molar-refractivity contribution in [1.29, 1.82) is 0 Å². The fourth-order valence-electron chi connectivity index (χ4n) is 2.91. The highest BCUT2D eigenvalue weighted by Crippen LogP contribution is 2.24. The van der Waals surface area contributed by atoms with Gasteiger partial charge in [0.25, 0.3) is 0 Å². The second kappa shape index (κ2) is 8.79. The molecule has 0 spiro atoms. The molecule has 1 N–H and O–H groups in total. The van der Waals surface area contributed by atoms with E-state index in [0.29, 0.717) is 33.6 Å². The number of carbonyl (C=O) groups excluding carboxylic acids is 2. The zero-order valence-electron chi connectivity index (χ0n) is 16.1. The highest BCUT2D eigenvalue weighted by Gasteiger charge is 2.17. The number of nitrogens with one attached hydrogen (secondary N) is 1. The molecule has 0 saturated carbocycles. The fourth-order valence-corrected chi connectivity index (χ4v) is 3.62. The van der Waals surface area contributed by atoms with Crippen molar-refractivity contribution in [2.75, 3.05) is 11.1 Å². The van der Waals surface area contributed by atoms with Crippen LogP contribution in [-0.2, 0) is 11.8 Å². The minimum atomic E-state index is -0.240. The molecule has 0 aliphatic carbocycles. The molecular weight excluding hydrogens is 400 g/mol. The van der Waals surface area contributed by atoms with E-state index in [2.05, 4.69) is 15.5 Å². The summed E-state index contributed by atoms with van der Waals surface area (Å²) >= 11 is 1.25. The van der Waals surface area contributed by atoms with Gasteiger partial charge < -0.3 is 14.3 Å². The van der Waals surface area contributed by atoms with Crippen molar-refractivity contribution in [1.82, 2.24) is 14.8 Å². The second-order valence-corrected chi connectivity index (χ2v) is 7.36. The number of hydrogen-bond acceptors (Lipinski definition) is 6. The monoisotopic (exact) mass is 418 g/mol. The first-order valence-electron chi connectivity index (χ1n) is 9.18. The molecule has 2 heterocycles. The Bertz CT molecular complexity index is 1170. The Morgan fingerprint density at radius 2 is 1.77 bits per heavy atom. The van der Waals surface area contributed by atoms with E-state index in [0.717, 1.165) is 0 Å². The van der Waals surface area contributed by atoms with Crippen LogP contribution in [0, 0.1) is 0 Å². The van der Waals surface area contributed by atoms with Crippen molar-refractivity contribution >= 4 is 29.1 Å². The first-order chi connectivity index (χ1) is 14.6. The first kappa shape index (κ1) is 19.7. The van der Waals surface area contributed by atoms with Crippen LogP contribution in [0.5, 0.6) is 0 Å². The van der Waals surface area contributed by atoms with Crippen LogP contribution in [0.25, 0.3) is 11.6 Å². The van der Waals surface area contributed by atoms with E-state index in [4.69, 9.17) is 4.42 Å². The SMILES string of the molecule is Cn1c(SCC(=O)Nc2ccccc2C(=O)c2ccccc2)nnc1-c1ccco1. The van der Waals surface area contributed by atoms with E-state index in [-0.39, 0.29) is 17.4 Å². The van der Waals surface area contributed by atoms with E-state index in [1.807, 2.05) is 25.2 Å². The molecule has 2 aromatic heterocycles. The molecule has 0 saturated heterocycles. The van der Waals surface area contributed by atoms with Gasteiger partial charge in [0.15, 0.2) is 22.5 Å². The predicted octanol–water partition coefficient (Wildman–Crippen LogP) is 4.04. The van der Waals surface area contributed by atoms with Gasteiger partial charge >= 0.3 is 0 Å². The highest BCUT2D eigenvalue weighted by atomic mass is 32.2. The van der Waals surface area contributed by atoms with Gasteiger partial charge in [0.1, 0.15) is 0 Å². The smallest absolute Gasteiger partial charge is 0.234 e. The number of thioether (sulfide) groups is 1. The van der Waals surface area contributed by atoms with Gasteiger partial charge in [-0.1, -0.05) is 54.2 Å². The molecule has 4 rings (SSSR count). The molecule has 2 aromatic carbocycles. The molecule has 0 fully saturated rings. The van der Waals surface area contributed by atoms with Crippen LogP contribution in [0.1, 0.15) is 15.9 Å². The summed E-state index contributed by atoms with van der Waals surface area (Å²) in [5.41, 5.74) is 1.49. The number of furan rings is 1. The fraction of sp³-hybridized carbons (Fsp3) is 0.0909. The molecule has 0 unspecified atom stereocenters. The van der Waals surface area contributed by atoms with Gasteiger partial charge in [-0.15, -0.1) is 10.2 Å². The van der Waals surface area contributed by atoms with Crippen molar-refractivity contribution in [2.45, 2.75) is 5.16 Å². The van der Waals surface area contributed by atoms with E-state index in [1.54, 1.807) is 59.4 Å². The Labute approximate surface area is 177 Å². The van der Waals surface area contributed by atoms with Crippen LogP contribution in [0.4, 0.5) is 5.69 Å².